The van der Waals surface area contributed by atoms with Crippen LogP contribution in [0.3, 0.4) is 0 Å². The van der Waals surface area contributed by atoms with Crippen LogP contribution < -0.4 is 10.1 Å². The molecular weight excluding hydrogens is 302 g/mol. The normalized spacial score (nSPS) is 10.4. The molecule has 24 heavy (non-hydrogen) atoms. The average molecular weight is 321 g/mol. The van der Waals surface area contributed by atoms with E-state index in [9.17, 15) is 4.79 Å². The standard InChI is InChI=1S/C19H19N3O2/c1-2-15-7-9-16(10-8-15)24-13-19(23)21-17-5-3-4-6-18(17)22-12-11-20-14-22/h3-12,14H,2,13H2,1H3,(H,21,23). The summed E-state index contributed by atoms with van der Waals surface area (Å²) in [5, 5.41) is 2.88. The number of rotatable bonds is 6. The highest BCUT2D eigenvalue weighted by molar-refractivity contribution is 5.93. The summed E-state index contributed by atoms with van der Waals surface area (Å²) in [5.74, 6) is 0.479. The van der Waals surface area contributed by atoms with Gasteiger partial charge in [-0.1, -0.05) is 31.2 Å². The second-order valence-electron chi connectivity index (χ2n) is 5.32. The molecule has 0 atom stereocenters. The molecule has 1 heterocycles. The average Bonchev–Trinajstić information content (AvgIpc) is 3.15. The second-order valence-corrected chi connectivity index (χ2v) is 5.32. The molecule has 0 saturated carbocycles. The van der Waals surface area contributed by atoms with Crippen molar-refractivity contribution in [2.24, 2.45) is 0 Å². The molecule has 5 heteroatoms. The Morgan fingerprint density at radius 3 is 2.67 bits per heavy atom. The summed E-state index contributed by atoms with van der Waals surface area (Å²) in [6.45, 7) is 2.06. The summed E-state index contributed by atoms with van der Waals surface area (Å²) in [7, 11) is 0. The number of hydrogen-bond donors (Lipinski definition) is 1. The van der Waals surface area contributed by atoms with Gasteiger partial charge in [-0.3, -0.25) is 4.79 Å². The van der Waals surface area contributed by atoms with Crippen molar-refractivity contribution in [2.75, 3.05) is 11.9 Å². The molecule has 0 aliphatic rings. The molecule has 2 aromatic carbocycles. The highest BCUT2D eigenvalue weighted by Gasteiger charge is 2.08. The fourth-order valence-corrected chi connectivity index (χ4v) is 2.36. The Bertz CT molecular complexity index is 796. The Morgan fingerprint density at radius 1 is 1.17 bits per heavy atom. The molecule has 0 bridgehead atoms. The fraction of sp³-hybridized carbons (Fsp3) is 0.158. The number of anilines is 1. The Morgan fingerprint density at radius 2 is 1.96 bits per heavy atom. The molecule has 5 nitrogen and oxygen atoms in total. The summed E-state index contributed by atoms with van der Waals surface area (Å²) in [4.78, 5) is 16.2. The number of nitrogens with zero attached hydrogens (tertiary/aromatic N) is 2. The number of carbonyl (C=O) groups is 1. The van der Waals surface area contributed by atoms with Crippen LogP contribution in [0.4, 0.5) is 5.69 Å². The summed E-state index contributed by atoms with van der Waals surface area (Å²) >= 11 is 0. The van der Waals surface area contributed by atoms with E-state index in [-0.39, 0.29) is 12.5 Å². The molecule has 0 unspecified atom stereocenters. The molecule has 0 fully saturated rings. The summed E-state index contributed by atoms with van der Waals surface area (Å²) in [5.41, 5.74) is 2.81. The molecule has 0 spiro atoms. The monoisotopic (exact) mass is 321 g/mol. The zero-order valence-corrected chi connectivity index (χ0v) is 13.5. The number of hydrogen-bond acceptors (Lipinski definition) is 3. The van der Waals surface area contributed by atoms with Gasteiger partial charge in [0.2, 0.25) is 0 Å². The lowest BCUT2D eigenvalue weighted by Gasteiger charge is -2.12. The summed E-state index contributed by atoms with van der Waals surface area (Å²) in [6, 6.07) is 15.3. The van der Waals surface area contributed by atoms with Crippen molar-refractivity contribution in [2.45, 2.75) is 13.3 Å². The van der Waals surface area contributed by atoms with Crippen LogP contribution in [0.2, 0.25) is 0 Å². The highest BCUT2D eigenvalue weighted by Crippen LogP contribution is 2.19. The van der Waals surface area contributed by atoms with E-state index in [1.165, 1.54) is 5.56 Å². The minimum absolute atomic E-state index is 0.0380. The topological polar surface area (TPSA) is 56.1 Å². The maximum Gasteiger partial charge on any atom is 0.262 e. The van der Waals surface area contributed by atoms with Crippen LogP contribution in [-0.4, -0.2) is 22.1 Å². The van der Waals surface area contributed by atoms with E-state index < -0.39 is 0 Å². The minimum atomic E-state index is -0.206. The molecule has 3 rings (SSSR count). The first-order valence-corrected chi connectivity index (χ1v) is 7.85. The third-order valence-corrected chi connectivity index (χ3v) is 3.66. The van der Waals surface area contributed by atoms with Crippen LogP contribution in [0.5, 0.6) is 5.75 Å². The first kappa shape index (κ1) is 15.8. The van der Waals surface area contributed by atoms with Crippen LogP contribution in [0.25, 0.3) is 5.69 Å². The quantitative estimate of drug-likeness (QED) is 0.756. The Balaban J connectivity index is 1.63. The van der Waals surface area contributed by atoms with E-state index in [1.807, 2.05) is 59.3 Å². The second kappa shape index (κ2) is 7.46. The number of carbonyl (C=O) groups excluding carboxylic acids is 1. The number of imidazole rings is 1. The highest BCUT2D eigenvalue weighted by atomic mass is 16.5. The van der Waals surface area contributed by atoms with Gasteiger partial charge in [0.15, 0.2) is 6.61 Å². The van der Waals surface area contributed by atoms with Gasteiger partial charge in [-0.15, -0.1) is 0 Å². The zero-order chi connectivity index (χ0) is 16.8. The van der Waals surface area contributed by atoms with E-state index >= 15 is 0 Å². The smallest absolute Gasteiger partial charge is 0.262 e. The van der Waals surface area contributed by atoms with Gasteiger partial charge in [-0.25, -0.2) is 4.98 Å². The van der Waals surface area contributed by atoms with Gasteiger partial charge < -0.3 is 14.6 Å². The van der Waals surface area contributed by atoms with Crippen molar-refractivity contribution in [1.82, 2.24) is 9.55 Å². The fourth-order valence-electron chi connectivity index (χ4n) is 2.36. The van der Waals surface area contributed by atoms with Gasteiger partial charge >= 0.3 is 0 Å². The van der Waals surface area contributed by atoms with Crippen molar-refractivity contribution < 1.29 is 9.53 Å². The van der Waals surface area contributed by atoms with Crippen molar-refractivity contribution in [3.05, 3.63) is 72.8 Å². The SMILES string of the molecule is CCc1ccc(OCC(=O)Nc2ccccc2-n2ccnc2)cc1. The third kappa shape index (κ3) is 3.81. The first-order chi connectivity index (χ1) is 11.8. The van der Waals surface area contributed by atoms with Gasteiger partial charge in [0, 0.05) is 12.4 Å². The number of aromatic nitrogens is 2. The van der Waals surface area contributed by atoms with Crippen molar-refractivity contribution in [3.8, 4) is 11.4 Å². The molecule has 1 aromatic heterocycles. The van der Waals surface area contributed by atoms with Gasteiger partial charge in [0.05, 0.1) is 17.7 Å². The number of ether oxygens (including phenoxy) is 1. The molecule has 1 amide bonds. The van der Waals surface area contributed by atoms with Crippen molar-refractivity contribution >= 4 is 11.6 Å². The lowest BCUT2D eigenvalue weighted by atomic mass is 10.2. The molecule has 1 N–H and O–H groups in total. The third-order valence-electron chi connectivity index (χ3n) is 3.66. The maximum atomic E-state index is 12.2. The number of aryl methyl sites for hydroxylation is 1. The van der Waals surface area contributed by atoms with Crippen molar-refractivity contribution in [3.63, 3.8) is 0 Å². The lowest BCUT2D eigenvalue weighted by Crippen LogP contribution is -2.21. The van der Waals surface area contributed by atoms with Crippen molar-refractivity contribution in [1.29, 1.82) is 0 Å². The molecule has 0 radical (unpaired) electrons. The Labute approximate surface area is 140 Å². The van der Waals surface area contributed by atoms with E-state index in [1.54, 1.807) is 12.5 Å². The van der Waals surface area contributed by atoms with Crippen LogP contribution in [0.15, 0.2) is 67.3 Å². The molecular formula is C19H19N3O2. The molecule has 122 valence electrons. The predicted octanol–water partition coefficient (Wildman–Crippen LogP) is 3.45. The number of amides is 1. The maximum absolute atomic E-state index is 12.2. The van der Waals surface area contributed by atoms with E-state index in [0.29, 0.717) is 11.4 Å². The van der Waals surface area contributed by atoms with Crippen LogP contribution >= 0.6 is 0 Å². The summed E-state index contributed by atoms with van der Waals surface area (Å²) < 4.78 is 7.39. The number of para-hydroxylation sites is 2. The van der Waals surface area contributed by atoms with E-state index in [0.717, 1.165) is 12.1 Å². The Kier molecular flexibility index (Phi) is 4.91. The minimum Gasteiger partial charge on any atom is -0.484 e. The van der Waals surface area contributed by atoms with E-state index in [2.05, 4.69) is 17.2 Å². The van der Waals surface area contributed by atoms with Gasteiger partial charge in [-0.05, 0) is 36.2 Å². The zero-order valence-electron chi connectivity index (χ0n) is 13.5. The van der Waals surface area contributed by atoms with Gasteiger partial charge in [0.25, 0.3) is 5.91 Å². The largest absolute Gasteiger partial charge is 0.484 e. The number of nitrogens with one attached hydrogen (secondary N) is 1. The van der Waals surface area contributed by atoms with Gasteiger partial charge in [0.1, 0.15) is 5.75 Å². The molecule has 0 aliphatic carbocycles. The predicted molar refractivity (Wildman–Crippen MR) is 93.5 cm³/mol. The Hall–Kier alpha value is -3.08. The molecule has 0 aliphatic heterocycles. The molecule has 3 aromatic rings. The first-order valence-electron chi connectivity index (χ1n) is 7.85. The van der Waals surface area contributed by atoms with Crippen LogP contribution in [0.1, 0.15) is 12.5 Å². The summed E-state index contributed by atoms with van der Waals surface area (Å²) in [6.07, 6.45) is 6.20. The van der Waals surface area contributed by atoms with Gasteiger partial charge in [-0.2, -0.15) is 0 Å². The number of benzene rings is 2. The lowest BCUT2D eigenvalue weighted by molar-refractivity contribution is -0.118. The van der Waals surface area contributed by atoms with E-state index in [4.69, 9.17) is 4.74 Å². The van der Waals surface area contributed by atoms with Crippen LogP contribution in [-0.2, 0) is 11.2 Å². The molecule has 0 saturated heterocycles. The van der Waals surface area contributed by atoms with Crippen LogP contribution in [0, 0.1) is 0 Å².